The average Bonchev–Trinajstić information content (AvgIpc) is 2.87. The van der Waals surface area contributed by atoms with Crippen LogP contribution in [0.3, 0.4) is 0 Å². The molecule has 2 amide bonds. The summed E-state index contributed by atoms with van der Waals surface area (Å²) in [5.41, 5.74) is 2.42. The van der Waals surface area contributed by atoms with Crippen molar-refractivity contribution >= 4 is 33.7 Å². The topological polar surface area (TPSA) is 110 Å². The number of benzene rings is 2. The molecule has 2 unspecified atom stereocenters. The van der Waals surface area contributed by atoms with E-state index in [1.165, 1.54) is 0 Å². The number of esters is 1. The first-order valence-electron chi connectivity index (χ1n) is 13.1. The molecule has 0 spiro atoms. The molecule has 0 aliphatic heterocycles. The minimum Gasteiger partial charge on any atom is -0.458 e. The van der Waals surface area contributed by atoms with Crippen LogP contribution in [0.15, 0.2) is 65.4 Å². The molecule has 0 saturated heterocycles. The molecular weight excluding hydrogens is 572 g/mol. The van der Waals surface area contributed by atoms with Crippen LogP contribution in [0.2, 0.25) is 0 Å². The van der Waals surface area contributed by atoms with Crippen molar-refractivity contribution < 1.29 is 19.1 Å². The van der Waals surface area contributed by atoms with E-state index in [1.807, 2.05) is 36.4 Å². The predicted octanol–water partition coefficient (Wildman–Crippen LogP) is 5.39. The summed E-state index contributed by atoms with van der Waals surface area (Å²) in [5, 5.41) is 5.55. The van der Waals surface area contributed by atoms with Gasteiger partial charge in [-0.25, -0.2) is 14.8 Å². The Bertz CT molecular complexity index is 1330. The van der Waals surface area contributed by atoms with E-state index in [-0.39, 0.29) is 17.7 Å². The van der Waals surface area contributed by atoms with Gasteiger partial charge in [0.1, 0.15) is 17.7 Å². The number of hydrogen-bond donors (Lipinski definition) is 2. The molecule has 1 aromatic heterocycles. The van der Waals surface area contributed by atoms with Crippen molar-refractivity contribution in [2.24, 2.45) is 0 Å². The van der Waals surface area contributed by atoms with Crippen molar-refractivity contribution in [3.63, 3.8) is 0 Å². The van der Waals surface area contributed by atoms with Crippen molar-refractivity contribution in [3.8, 4) is 11.4 Å². The fourth-order valence-electron chi connectivity index (χ4n) is 3.82. The molecule has 3 aromatic rings. The van der Waals surface area contributed by atoms with Crippen LogP contribution in [0.25, 0.3) is 11.4 Å². The number of amides is 2. The maximum Gasteiger partial charge on any atom is 0.328 e. The van der Waals surface area contributed by atoms with Gasteiger partial charge < -0.3 is 15.4 Å². The number of carbonyl (C=O) groups is 3. The van der Waals surface area contributed by atoms with Crippen molar-refractivity contribution in [3.05, 3.63) is 82.1 Å². The molecule has 40 heavy (non-hydrogen) atoms. The number of carbonyl (C=O) groups excluding carboxylic acids is 3. The van der Waals surface area contributed by atoms with Crippen LogP contribution < -0.4 is 10.6 Å². The summed E-state index contributed by atoms with van der Waals surface area (Å²) in [6.07, 6.45) is 3.55. The Kier molecular flexibility index (Phi) is 9.84. The van der Waals surface area contributed by atoms with Crippen LogP contribution in [-0.2, 0) is 26.2 Å². The lowest BCUT2D eigenvalue weighted by Crippen LogP contribution is -2.52. The number of halogens is 1. The molecule has 2 atom stereocenters. The van der Waals surface area contributed by atoms with Gasteiger partial charge in [-0.2, -0.15) is 0 Å². The summed E-state index contributed by atoms with van der Waals surface area (Å²) < 4.78 is 6.18. The molecule has 8 nitrogen and oxygen atoms in total. The summed E-state index contributed by atoms with van der Waals surface area (Å²) in [6, 6.07) is 13.0. The number of nitrogens with zero attached hydrogens (tertiary/aromatic N) is 2. The Hall–Kier alpha value is -3.59. The second kappa shape index (κ2) is 12.7. The molecule has 0 aliphatic carbocycles. The highest BCUT2D eigenvalue weighted by atomic mass is 79.9. The molecule has 0 aliphatic rings. The summed E-state index contributed by atoms with van der Waals surface area (Å²) in [5.74, 6) is -0.853. The van der Waals surface area contributed by atoms with Crippen LogP contribution in [0.4, 0.5) is 0 Å². The Morgan fingerprint density at radius 1 is 0.875 bits per heavy atom. The van der Waals surface area contributed by atoms with E-state index >= 15 is 0 Å². The summed E-state index contributed by atoms with van der Waals surface area (Å²) in [7, 11) is 0. The normalized spacial score (nSPS) is 13.2. The molecule has 0 fully saturated rings. The lowest BCUT2D eigenvalue weighted by atomic mass is 9.86. The van der Waals surface area contributed by atoms with Gasteiger partial charge in [0, 0.05) is 29.9 Å². The number of nitrogens with one attached hydrogen (secondary N) is 2. The molecule has 212 valence electrons. The van der Waals surface area contributed by atoms with Crippen LogP contribution in [0, 0.1) is 0 Å². The van der Waals surface area contributed by atoms with Crippen molar-refractivity contribution in [2.75, 3.05) is 0 Å². The third-order valence-electron chi connectivity index (χ3n) is 6.03. The Morgan fingerprint density at radius 3 is 1.98 bits per heavy atom. The minimum absolute atomic E-state index is 0.0529. The molecular formula is C31H37BrN4O4. The summed E-state index contributed by atoms with van der Waals surface area (Å²) in [6.45, 7) is 13.1. The van der Waals surface area contributed by atoms with Gasteiger partial charge in [-0.15, -0.1) is 0 Å². The van der Waals surface area contributed by atoms with Crippen molar-refractivity contribution in [2.45, 2.75) is 78.0 Å². The summed E-state index contributed by atoms with van der Waals surface area (Å²) in [4.78, 5) is 47.6. The zero-order valence-corrected chi connectivity index (χ0v) is 25.6. The SMILES string of the molecule is CC(NC(=O)C(Cc1ccc(-c2ncc(Br)cn2)cc1)NC(=O)c1ccc(C(C)(C)C)cc1)C(=O)OC(C)(C)C. The van der Waals surface area contributed by atoms with Gasteiger partial charge in [0.25, 0.3) is 5.91 Å². The third-order valence-corrected chi connectivity index (χ3v) is 6.44. The molecule has 1 heterocycles. The lowest BCUT2D eigenvalue weighted by Gasteiger charge is -2.25. The van der Waals surface area contributed by atoms with E-state index in [9.17, 15) is 14.4 Å². The van der Waals surface area contributed by atoms with Crippen LogP contribution in [-0.4, -0.2) is 45.4 Å². The molecule has 2 N–H and O–H groups in total. The number of aromatic nitrogens is 2. The Morgan fingerprint density at radius 2 is 1.45 bits per heavy atom. The van der Waals surface area contributed by atoms with Gasteiger partial charge in [-0.05, 0) is 72.3 Å². The molecule has 0 saturated carbocycles. The van der Waals surface area contributed by atoms with Gasteiger partial charge in [0.2, 0.25) is 5.91 Å². The zero-order chi connectivity index (χ0) is 29.7. The molecule has 3 rings (SSSR count). The highest BCUT2D eigenvalue weighted by molar-refractivity contribution is 9.10. The first kappa shape index (κ1) is 30.9. The van der Waals surface area contributed by atoms with E-state index < -0.39 is 29.6 Å². The smallest absolute Gasteiger partial charge is 0.328 e. The van der Waals surface area contributed by atoms with E-state index in [1.54, 1.807) is 52.2 Å². The first-order valence-corrected chi connectivity index (χ1v) is 13.9. The van der Waals surface area contributed by atoms with Gasteiger partial charge in [0.05, 0.1) is 4.47 Å². The standard InChI is InChI=1S/C31H37BrN4O4/c1-19(29(39)40-31(5,6)7)35-28(38)25(36-27(37)22-12-14-23(15-13-22)30(2,3)4)16-20-8-10-21(11-9-20)26-33-17-24(32)18-34-26/h8-15,17-19,25H,16H2,1-7H3,(H,35,38)(H,36,37). The van der Waals surface area contributed by atoms with E-state index in [0.29, 0.717) is 11.4 Å². The highest BCUT2D eigenvalue weighted by Gasteiger charge is 2.28. The quantitative estimate of drug-likeness (QED) is 0.332. The zero-order valence-electron chi connectivity index (χ0n) is 24.0. The molecule has 9 heteroatoms. The maximum atomic E-state index is 13.3. The highest BCUT2D eigenvalue weighted by Crippen LogP contribution is 2.22. The minimum atomic E-state index is -0.936. The monoisotopic (exact) mass is 608 g/mol. The van der Waals surface area contributed by atoms with Crippen LogP contribution >= 0.6 is 15.9 Å². The number of rotatable bonds is 8. The van der Waals surface area contributed by atoms with Crippen molar-refractivity contribution in [1.82, 2.24) is 20.6 Å². The molecule has 2 aromatic carbocycles. The van der Waals surface area contributed by atoms with E-state index in [0.717, 1.165) is 21.2 Å². The average molecular weight is 610 g/mol. The van der Waals surface area contributed by atoms with Gasteiger partial charge in [-0.1, -0.05) is 57.2 Å². The third kappa shape index (κ3) is 8.98. The van der Waals surface area contributed by atoms with Crippen LogP contribution in [0.5, 0.6) is 0 Å². The van der Waals surface area contributed by atoms with Gasteiger partial charge in [0.15, 0.2) is 5.82 Å². The van der Waals surface area contributed by atoms with Crippen molar-refractivity contribution in [1.29, 1.82) is 0 Å². The fourth-order valence-corrected chi connectivity index (χ4v) is 4.03. The Balaban J connectivity index is 1.80. The van der Waals surface area contributed by atoms with E-state index in [2.05, 4.69) is 57.3 Å². The van der Waals surface area contributed by atoms with Gasteiger partial charge in [-0.3, -0.25) is 9.59 Å². The maximum absolute atomic E-state index is 13.3. The second-order valence-corrected chi connectivity index (χ2v) is 12.7. The summed E-state index contributed by atoms with van der Waals surface area (Å²) >= 11 is 3.33. The molecule has 0 radical (unpaired) electrons. The first-order chi connectivity index (χ1) is 18.6. The van der Waals surface area contributed by atoms with E-state index in [4.69, 9.17) is 4.74 Å². The largest absolute Gasteiger partial charge is 0.458 e. The van der Waals surface area contributed by atoms with Gasteiger partial charge >= 0.3 is 5.97 Å². The number of ether oxygens (including phenoxy) is 1. The lowest BCUT2D eigenvalue weighted by molar-refractivity contribution is -0.158. The second-order valence-electron chi connectivity index (χ2n) is 11.7. The fraction of sp³-hybridized carbons (Fsp3) is 0.387. The molecule has 0 bridgehead atoms. The van der Waals surface area contributed by atoms with Crippen LogP contribution in [0.1, 0.15) is 70.0 Å². The predicted molar refractivity (Wildman–Crippen MR) is 159 cm³/mol. The Labute approximate surface area is 244 Å². The number of hydrogen-bond acceptors (Lipinski definition) is 6.